The monoisotopic (exact) mass is 387 g/mol. The number of nitrogens with zero attached hydrogens (tertiary/aromatic N) is 2. The first-order chi connectivity index (χ1) is 11.2. The third-order valence-electron chi connectivity index (χ3n) is 2.76. The SMILES string of the molecule is CCCC(=O)OCC=NNC1=C(Cl)C=C(C(F)(F)F)C(=NO)C1Cl. The van der Waals surface area contributed by atoms with Crippen molar-refractivity contribution >= 4 is 41.1 Å². The number of rotatable bonds is 6. The molecule has 24 heavy (non-hydrogen) atoms. The predicted octanol–water partition coefficient (Wildman–Crippen LogP) is 3.30. The van der Waals surface area contributed by atoms with Crippen LogP contribution in [0.5, 0.6) is 0 Å². The second-order valence-corrected chi connectivity index (χ2v) is 5.37. The Morgan fingerprint density at radius 3 is 2.75 bits per heavy atom. The van der Waals surface area contributed by atoms with Crippen LogP contribution in [0, 0.1) is 0 Å². The van der Waals surface area contributed by atoms with Gasteiger partial charge in [0.1, 0.15) is 17.7 Å². The highest BCUT2D eigenvalue weighted by atomic mass is 35.5. The Morgan fingerprint density at radius 2 is 2.21 bits per heavy atom. The maximum absolute atomic E-state index is 12.8. The van der Waals surface area contributed by atoms with Crippen LogP contribution in [0.25, 0.3) is 0 Å². The number of hydrogen-bond acceptors (Lipinski definition) is 6. The van der Waals surface area contributed by atoms with Gasteiger partial charge in [0, 0.05) is 6.42 Å². The zero-order chi connectivity index (χ0) is 18.3. The molecule has 0 saturated carbocycles. The molecule has 0 aromatic heterocycles. The van der Waals surface area contributed by atoms with Gasteiger partial charge in [0.2, 0.25) is 0 Å². The van der Waals surface area contributed by atoms with E-state index in [2.05, 4.69) is 15.7 Å². The fourth-order valence-electron chi connectivity index (χ4n) is 1.67. The highest BCUT2D eigenvalue weighted by molar-refractivity contribution is 6.41. The van der Waals surface area contributed by atoms with Gasteiger partial charge in [-0.3, -0.25) is 10.2 Å². The summed E-state index contributed by atoms with van der Waals surface area (Å²) in [4.78, 5) is 11.1. The number of alkyl halides is 4. The number of ether oxygens (including phenoxy) is 1. The summed E-state index contributed by atoms with van der Waals surface area (Å²) in [6, 6.07) is 0. The van der Waals surface area contributed by atoms with Crippen LogP contribution >= 0.6 is 23.2 Å². The van der Waals surface area contributed by atoms with E-state index in [4.69, 9.17) is 33.1 Å². The molecular weight excluding hydrogens is 374 g/mol. The number of hydrogen-bond donors (Lipinski definition) is 2. The van der Waals surface area contributed by atoms with Gasteiger partial charge in [0.25, 0.3) is 0 Å². The molecule has 0 heterocycles. The summed E-state index contributed by atoms with van der Waals surface area (Å²) in [5.74, 6) is -0.401. The zero-order valence-corrected chi connectivity index (χ0v) is 13.9. The van der Waals surface area contributed by atoms with Gasteiger partial charge in [-0.15, -0.1) is 11.6 Å². The molecule has 1 rings (SSSR count). The van der Waals surface area contributed by atoms with Crippen LogP contribution in [0.1, 0.15) is 19.8 Å². The Morgan fingerprint density at radius 1 is 1.54 bits per heavy atom. The Hall–Kier alpha value is -1.74. The number of oxime groups is 1. The Bertz CT molecular complexity index is 601. The van der Waals surface area contributed by atoms with Crippen molar-refractivity contribution in [2.75, 3.05) is 6.61 Å². The molecule has 0 bridgehead atoms. The molecule has 0 amide bonds. The van der Waals surface area contributed by atoms with Crippen LogP contribution in [0.2, 0.25) is 0 Å². The molecule has 0 aromatic rings. The van der Waals surface area contributed by atoms with Crippen molar-refractivity contribution in [3.05, 3.63) is 22.4 Å². The van der Waals surface area contributed by atoms with E-state index in [1.54, 1.807) is 0 Å². The minimum Gasteiger partial charge on any atom is -0.460 e. The highest BCUT2D eigenvalue weighted by Gasteiger charge is 2.43. The minimum absolute atomic E-state index is 0.102. The molecule has 0 fully saturated rings. The zero-order valence-electron chi connectivity index (χ0n) is 12.4. The van der Waals surface area contributed by atoms with E-state index < -0.39 is 28.8 Å². The molecule has 0 radical (unpaired) electrons. The molecule has 2 N–H and O–H groups in total. The molecule has 1 atom stereocenters. The smallest absolute Gasteiger partial charge is 0.418 e. The first kappa shape index (κ1) is 20.3. The lowest BCUT2D eigenvalue weighted by Crippen LogP contribution is -2.34. The van der Waals surface area contributed by atoms with Crippen LogP contribution in [-0.2, 0) is 9.53 Å². The van der Waals surface area contributed by atoms with Gasteiger partial charge >= 0.3 is 12.1 Å². The third kappa shape index (κ3) is 5.41. The number of esters is 1. The third-order valence-corrected chi connectivity index (χ3v) is 3.50. The summed E-state index contributed by atoms with van der Waals surface area (Å²) in [6.45, 7) is 1.69. The first-order valence-corrected chi connectivity index (χ1v) is 7.51. The average molecular weight is 388 g/mol. The Labute approximate surface area is 145 Å². The molecule has 1 aliphatic carbocycles. The summed E-state index contributed by atoms with van der Waals surface area (Å²) in [5.41, 5.74) is 0.195. The second kappa shape index (κ2) is 8.93. The Balaban J connectivity index is 2.80. The molecule has 0 saturated heterocycles. The first-order valence-electron chi connectivity index (χ1n) is 6.70. The number of carbonyl (C=O) groups excluding carboxylic acids is 1. The maximum atomic E-state index is 12.8. The van der Waals surface area contributed by atoms with Gasteiger partial charge in [-0.25, -0.2) is 0 Å². The molecular formula is C13H14Cl2F3N3O3. The summed E-state index contributed by atoms with van der Waals surface area (Å²) in [7, 11) is 0. The lowest BCUT2D eigenvalue weighted by atomic mass is 9.99. The quantitative estimate of drug-likeness (QED) is 0.241. The van der Waals surface area contributed by atoms with Crippen LogP contribution in [-0.4, -0.2) is 41.3 Å². The average Bonchev–Trinajstić information content (AvgIpc) is 2.48. The predicted molar refractivity (Wildman–Crippen MR) is 83.4 cm³/mol. The van der Waals surface area contributed by atoms with Gasteiger partial charge in [0.15, 0.2) is 0 Å². The largest absolute Gasteiger partial charge is 0.460 e. The minimum atomic E-state index is -4.78. The standard InChI is InChI=1S/C13H14Cl2F3N3O3/c1-2-3-9(22)24-5-4-19-20-12-8(14)6-7(13(16,17)18)11(21-23)10(12)15/h4,6,10,20,23H,2-3,5H2,1H3. The van der Waals surface area contributed by atoms with E-state index in [1.807, 2.05) is 6.92 Å². The number of hydrazone groups is 1. The topological polar surface area (TPSA) is 83.3 Å². The molecule has 0 aliphatic heterocycles. The van der Waals surface area contributed by atoms with Crippen LogP contribution in [0.15, 0.2) is 32.6 Å². The fourth-order valence-corrected chi connectivity index (χ4v) is 2.32. The number of nitrogens with one attached hydrogen (secondary N) is 1. The molecule has 1 unspecified atom stereocenters. The van der Waals surface area contributed by atoms with E-state index in [0.717, 1.165) is 0 Å². The number of carbonyl (C=O) groups is 1. The molecule has 11 heteroatoms. The van der Waals surface area contributed by atoms with Crippen molar-refractivity contribution < 1.29 is 27.9 Å². The Kier molecular flexibility index (Phi) is 7.56. The lowest BCUT2D eigenvalue weighted by molar-refractivity contribution is -0.141. The van der Waals surface area contributed by atoms with E-state index in [9.17, 15) is 18.0 Å². The molecule has 1 aliphatic rings. The number of halogens is 5. The summed E-state index contributed by atoms with van der Waals surface area (Å²) < 4.78 is 43.3. The van der Waals surface area contributed by atoms with Gasteiger partial charge < -0.3 is 9.94 Å². The summed E-state index contributed by atoms with van der Waals surface area (Å²) in [5, 5.41) is 13.2. The van der Waals surface area contributed by atoms with E-state index in [1.165, 1.54) is 6.21 Å². The van der Waals surface area contributed by atoms with Crippen LogP contribution in [0.3, 0.4) is 0 Å². The number of allylic oxidation sites excluding steroid dienone is 4. The van der Waals surface area contributed by atoms with Crippen molar-refractivity contribution in [2.24, 2.45) is 10.3 Å². The molecule has 0 spiro atoms. The van der Waals surface area contributed by atoms with Crippen molar-refractivity contribution in [2.45, 2.75) is 31.3 Å². The maximum Gasteiger partial charge on any atom is 0.418 e. The molecule has 134 valence electrons. The lowest BCUT2D eigenvalue weighted by Gasteiger charge is -2.23. The van der Waals surface area contributed by atoms with Gasteiger partial charge in [-0.1, -0.05) is 23.7 Å². The molecule has 6 nitrogen and oxygen atoms in total. The molecule has 0 aromatic carbocycles. The van der Waals surface area contributed by atoms with E-state index in [-0.39, 0.29) is 23.8 Å². The van der Waals surface area contributed by atoms with Crippen LogP contribution < -0.4 is 5.43 Å². The summed E-state index contributed by atoms with van der Waals surface area (Å²) in [6.07, 6.45) is -2.12. The van der Waals surface area contributed by atoms with Crippen LogP contribution in [0.4, 0.5) is 13.2 Å². The van der Waals surface area contributed by atoms with Gasteiger partial charge in [-0.05, 0) is 12.5 Å². The van der Waals surface area contributed by atoms with Gasteiger partial charge in [0.05, 0.1) is 22.5 Å². The van der Waals surface area contributed by atoms with E-state index in [0.29, 0.717) is 12.5 Å². The van der Waals surface area contributed by atoms with E-state index >= 15 is 0 Å². The summed E-state index contributed by atoms with van der Waals surface area (Å²) >= 11 is 11.6. The second-order valence-electron chi connectivity index (χ2n) is 4.52. The van der Waals surface area contributed by atoms with Crippen molar-refractivity contribution in [1.82, 2.24) is 5.43 Å². The van der Waals surface area contributed by atoms with Crippen molar-refractivity contribution in [1.29, 1.82) is 0 Å². The van der Waals surface area contributed by atoms with Crippen molar-refractivity contribution in [3.63, 3.8) is 0 Å². The van der Waals surface area contributed by atoms with Crippen molar-refractivity contribution in [3.8, 4) is 0 Å². The normalized spacial score (nSPS) is 20.5. The fraction of sp³-hybridized carbons (Fsp3) is 0.462. The highest BCUT2D eigenvalue weighted by Crippen LogP contribution is 2.36. The van der Waals surface area contributed by atoms with Gasteiger partial charge in [-0.2, -0.15) is 18.3 Å².